The Morgan fingerprint density at radius 2 is 1.28 bits per heavy atom. The molecule has 0 aliphatic rings. The van der Waals surface area contributed by atoms with Crippen LogP contribution in [0.3, 0.4) is 0 Å². The molecule has 0 atom stereocenters. The van der Waals surface area contributed by atoms with Gasteiger partial charge in [-0.05, 0) is 43.3 Å². The third-order valence-electron chi connectivity index (χ3n) is 2.29. The number of rotatable bonds is 3. The molecule has 0 bridgehead atoms. The molecule has 2 rings (SSSR count). The number of halogens is 1. The molecule has 0 aromatic heterocycles. The smallest absolute Gasteiger partial charge is 0.132 e. The Morgan fingerprint density at radius 1 is 0.833 bits per heavy atom. The average molecular weight is 354 g/mol. The predicted octanol–water partition coefficient (Wildman–Crippen LogP) is 4.81. The van der Waals surface area contributed by atoms with Gasteiger partial charge in [0.25, 0.3) is 0 Å². The van der Waals surface area contributed by atoms with E-state index in [0.29, 0.717) is 0 Å². The van der Waals surface area contributed by atoms with Crippen LogP contribution in [0.4, 0.5) is 0 Å². The second kappa shape index (κ2) is 5.94. The molecule has 18 heavy (non-hydrogen) atoms. The van der Waals surface area contributed by atoms with Crippen LogP contribution in [0.15, 0.2) is 48.5 Å². The van der Waals surface area contributed by atoms with Crippen molar-refractivity contribution in [1.29, 1.82) is 0 Å². The van der Waals surface area contributed by atoms with Crippen molar-refractivity contribution in [2.75, 3.05) is 4.93 Å². The fraction of sp³-hybridized carbons (Fsp3) is 0.133. The summed E-state index contributed by atoms with van der Waals surface area (Å²) in [4.78, 5) is 1.95. The second-order valence-electron chi connectivity index (χ2n) is 3.93. The zero-order valence-corrected chi connectivity index (χ0v) is 12.5. The van der Waals surface area contributed by atoms with Gasteiger partial charge >= 0.3 is 0 Å². The van der Waals surface area contributed by atoms with Gasteiger partial charge in [-0.25, -0.2) is 0 Å². The van der Waals surface area contributed by atoms with Crippen molar-refractivity contribution >= 4 is 19.6 Å². The van der Waals surface area contributed by atoms with Gasteiger partial charge in [0, 0.05) is 4.93 Å². The van der Waals surface area contributed by atoms with Crippen LogP contribution in [-0.4, -0.2) is 4.93 Å². The zero-order chi connectivity index (χ0) is 13.0. The molecule has 0 radical (unpaired) electrons. The summed E-state index contributed by atoms with van der Waals surface area (Å²) in [6, 6.07) is 15.5. The molecule has 0 N–H and O–H groups in total. The molecular formula is C15H15IO2. The van der Waals surface area contributed by atoms with Gasteiger partial charge in [-0.2, -0.15) is 0 Å². The fourth-order valence-electron chi connectivity index (χ4n) is 1.44. The van der Waals surface area contributed by atoms with Gasteiger partial charge in [-0.15, -0.1) is 4.31 Å². The van der Waals surface area contributed by atoms with Crippen molar-refractivity contribution in [1.82, 2.24) is 0 Å². The van der Waals surface area contributed by atoms with E-state index in [1.807, 2.05) is 60.4 Å². The van der Waals surface area contributed by atoms with Gasteiger partial charge in [0.15, 0.2) is 0 Å². The highest BCUT2D eigenvalue weighted by molar-refractivity contribution is 14.2. The van der Waals surface area contributed by atoms with E-state index in [1.165, 1.54) is 5.56 Å². The lowest BCUT2D eigenvalue weighted by molar-refractivity contribution is 0.482. The Labute approximate surface area is 115 Å². The molecule has 0 spiro atoms. The lowest BCUT2D eigenvalue weighted by Gasteiger charge is -2.07. The van der Waals surface area contributed by atoms with Crippen molar-refractivity contribution in [3.8, 4) is 21.6 Å². The Hall–Kier alpha value is -1.45. The Bertz CT molecular complexity index is 577. The first-order valence-corrected chi connectivity index (χ1v) is 9.79. The number of alkyl halides is 1. The Kier molecular flexibility index (Phi) is 4.28. The molecule has 2 aromatic carbocycles. The van der Waals surface area contributed by atoms with E-state index in [9.17, 15) is 0 Å². The van der Waals surface area contributed by atoms with Gasteiger partial charge in [-0.3, -0.25) is 0 Å². The molecule has 0 amide bonds. The summed E-state index contributed by atoms with van der Waals surface area (Å²) in [7, 11) is 0. The molecule has 0 unspecified atom stereocenters. The van der Waals surface area contributed by atoms with E-state index in [4.69, 9.17) is 12.1 Å². The van der Waals surface area contributed by atoms with Crippen LogP contribution in [0.2, 0.25) is 0 Å². The minimum Gasteiger partial charge on any atom is -0.457 e. The topological polar surface area (TPSA) is 18.5 Å². The first kappa shape index (κ1) is 13.0. The third-order valence-corrected chi connectivity index (χ3v) is 3.49. The maximum absolute atomic E-state index is 5.72. The first-order valence-electron chi connectivity index (χ1n) is 5.51. The number of ether oxygens (including phenoxy) is 1. The average Bonchev–Trinajstić information content (AvgIpc) is 2.34. The minimum absolute atomic E-state index is 0.791. The van der Waals surface area contributed by atoms with Crippen LogP contribution in [0.1, 0.15) is 5.56 Å². The van der Waals surface area contributed by atoms with Crippen LogP contribution in [-0.2, 0) is 0 Å². The standard InChI is InChI=1S/C15H15IO2/c1-12-4-6-13(7-5-12)17-14-8-10-15(11-9-14)18-16(2)3/h2,4-11H,1,3H3. The number of hydrogen-bond donors (Lipinski definition) is 0. The van der Waals surface area contributed by atoms with Crippen molar-refractivity contribution in [3.63, 3.8) is 0 Å². The molecule has 3 heteroatoms. The molecule has 0 aliphatic carbocycles. The highest BCUT2D eigenvalue weighted by Gasteiger charge is 1.98. The van der Waals surface area contributed by atoms with Gasteiger partial charge in [-0.1, -0.05) is 17.7 Å². The fourth-order valence-corrected chi connectivity index (χ4v) is 2.54. The molecule has 0 aliphatic heterocycles. The quantitative estimate of drug-likeness (QED) is 0.582. The largest absolute Gasteiger partial charge is 0.457 e. The summed E-state index contributed by atoms with van der Waals surface area (Å²) in [5, 5.41) is 0. The van der Waals surface area contributed by atoms with E-state index >= 15 is 0 Å². The van der Waals surface area contributed by atoms with Crippen molar-refractivity contribution < 1.29 is 7.80 Å². The maximum Gasteiger partial charge on any atom is 0.132 e. The zero-order valence-electron chi connectivity index (χ0n) is 10.4. The summed E-state index contributed by atoms with van der Waals surface area (Å²) < 4.78 is 16.9. The van der Waals surface area contributed by atoms with Crippen LogP contribution in [0.5, 0.6) is 17.2 Å². The van der Waals surface area contributed by atoms with Crippen LogP contribution in [0.25, 0.3) is 0 Å². The number of hydrogen-bond acceptors (Lipinski definition) is 2. The molecule has 2 aromatic rings. The highest BCUT2D eigenvalue weighted by atomic mass is 127. The number of aryl methyl sites for hydroxylation is 1. The molecule has 0 saturated carbocycles. The Morgan fingerprint density at radius 3 is 1.78 bits per heavy atom. The lowest BCUT2D eigenvalue weighted by atomic mass is 10.2. The summed E-state index contributed by atoms with van der Waals surface area (Å²) in [6.45, 7) is 2.05. The minimum atomic E-state index is -1.68. The third kappa shape index (κ3) is 3.79. The molecular weight excluding hydrogens is 339 g/mol. The van der Waals surface area contributed by atoms with E-state index in [0.717, 1.165) is 17.2 Å². The molecule has 94 valence electrons. The second-order valence-corrected chi connectivity index (χ2v) is 7.00. The number of benzene rings is 2. The van der Waals surface area contributed by atoms with Crippen molar-refractivity contribution in [2.24, 2.45) is 0 Å². The SMILES string of the molecule is C#I(C)Oc1ccc(Oc2ccc(C)cc2)cc1. The summed E-state index contributed by atoms with van der Waals surface area (Å²) in [6.07, 6.45) is 0. The molecule has 2 nitrogen and oxygen atoms in total. The van der Waals surface area contributed by atoms with E-state index < -0.39 is 19.6 Å². The summed E-state index contributed by atoms with van der Waals surface area (Å²) in [5.41, 5.74) is 1.22. The van der Waals surface area contributed by atoms with Crippen LogP contribution >= 0.6 is 19.6 Å². The van der Waals surface area contributed by atoms with Gasteiger partial charge in [0.1, 0.15) is 17.2 Å². The highest BCUT2D eigenvalue weighted by Crippen LogP contribution is 2.27. The summed E-state index contributed by atoms with van der Waals surface area (Å²) >= 11 is -1.68. The van der Waals surface area contributed by atoms with Crippen LogP contribution < -0.4 is 7.80 Å². The van der Waals surface area contributed by atoms with E-state index in [1.54, 1.807) is 0 Å². The van der Waals surface area contributed by atoms with Crippen molar-refractivity contribution in [3.05, 3.63) is 54.1 Å². The molecule has 0 heterocycles. The van der Waals surface area contributed by atoms with Gasteiger partial charge < -0.3 is 7.80 Å². The van der Waals surface area contributed by atoms with Gasteiger partial charge in [0.2, 0.25) is 0 Å². The van der Waals surface area contributed by atoms with E-state index in [-0.39, 0.29) is 0 Å². The lowest BCUT2D eigenvalue weighted by Crippen LogP contribution is -1.84. The first-order chi connectivity index (χ1) is 8.63. The Balaban J connectivity index is 2.06. The molecule has 0 fully saturated rings. The van der Waals surface area contributed by atoms with Crippen LogP contribution in [0, 0.1) is 11.2 Å². The van der Waals surface area contributed by atoms with E-state index in [2.05, 4.69) is 0 Å². The summed E-state index contributed by atoms with van der Waals surface area (Å²) in [5.74, 6) is 2.43. The molecule has 0 saturated heterocycles. The monoisotopic (exact) mass is 354 g/mol. The normalized spacial score (nSPS) is 10.3. The maximum atomic E-state index is 5.72. The van der Waals surface area contributed by atoms with Gasteiger partial charge in [0.05, 0.1) is 19.6 Å². The predicted molar refractivity (Wildman–Crippen MR) is 83.2 cm³/mol. The van der Waals surface area contributed by atoms with Crippen molar-refractivity contribution in [2.45, 2.75) is 6.92 Å².